The van der Waals surface area contributed by atoms with Crippen LogP contribution in [0.25, 0.3) is 0 Å². The van der Waals surface area contributed by atoms with Gasteiger partial charge in [-0.1, -0.05) is 11.6 Å². The number of piperazine rings is 1. The third kappa shape index (κ3) is 9.84. The second kappa shape index (κ2) is 18.7. The Balaban J connectivity index is 0.00000600. The molecule has 3 atom stereocenters. The summed E-state index contributed by atoms with van der Waals surface area (Å²) in [5.41, 5.74) is 0.493. The second-order valence-electron chi connectivity index (χ2n) is 15.5. The number of hydrogen-bond donors (Lipinski definition) is 2. The monoisotopic (exact) mass is 828 g/mol. The average molecular weight is 830 g/mol. The van der Waals surface area contributed by atoms with Gasteiger partial charge in [0.05, 0.1) is 46.7 Å². The van der Waals surface area contributed by atoms with Crippen LogP contribution in [-0.2, 0) is 23.9 Å². The number of rotatable bonds is 12. The lowest BCUT2D eigenvalue weighted by molar-refractivity contribution is -0.134. The molecule has 0 radical (unpaired) electrons. The number of pyridine rings is 1. The van der Waals surface area contributed by atoms with Crippen molar-refractivity contribution in [2.75, 3.05) is 38.1 Å². The Hall–Kier alpha value is -3.78. The highest BCUT2D eigenvalue weighted by molar-refractivity contribution is 7.98. The lowest BCUT2D eigenvalue weighted by Crippen LogP contribution is -2.58. The van der Waals surface area contributed by atoms with Crippen molar-refractivity contribution in [2.45, 2.75) is 113 Å². The molecule has 1 aromatic carbocycles. The number of carbonyl (C=O) groups excluding carboxylic acids is 5. The van der Waals surface area contributed by atoms with E-state index in [2.05, 4.69) is 39.3 Å². The van der Waals surface area contributed by atoms with Gasteiger partial charge in [-0.3, -0.25) is 34.4 Å². The van der Waals surface area contributed by atoms with Crippen molar-refractivity contribution in [1.82, 2.24) is 29.3 Å². The standard InChI is InChI=1S/C39H49ClN8O6S.ClH/c1-24-21-45(22-25(2)46(24)23-35(50)43-27-7-14-33(42-20-27)31-13-15-34(49)44-36(31)51)16-5-17-54-29-10-8-28(9-11-29)47-38(53)48(37(52)39(47,3)4)55-30-12-6-26(19-41)32(40)18-30;/h6-7,12,14,18,20,24-25,28-29,31H,5,8-11,13,15-17,21-23H2,1-4H3,(H,43,50)(H,44,49,51);1H/t24-,25+,28?,29?,31?;. The molecule has 0 spiro atoms. The van der Waals surface area contributed by atoms with Crippen LogP contribution in [0.5, 0.6) is 0 Å². The van der Waals surface area contributed by atoms with Gasteiger partial charge in [0, 0.05) is 55.7 Å². The van der Waals surface area contributed by atoms with Gasteiger partial charge < -0.3 is 19.9 Å². The van der Waals surface area contributed by atoms with Crippen molar-refractivity contribution in [3.63, 3.8) is 0 Å². The molecule has 1 unspecified atom stereocenters. The molecular formula is C39H50Cl2N8O6S. The Bertz CT molecular complexity index is 1820. The Labute approximate surface area is 343 Å². The molecule has 1 aromatic heterocycles. The van der Waals surface area contributed by atoms with Crippen molar-refractivity contribution >= 4 is 71.3 Å². The van der Waals surface area contributed by atoms with E-state index >= 15 is 0 Å². The number of benzene rings is 1. The van der Waals surface area contributed by atoms with E-state index in [1.807, 2.05) is 6.07 Å². The van der Waals surface area contributed by atoms with Crippen LogP contribution in [0, 0.1) is 11.3 Å². The Morgan fingerprint density at radius 2 is 1.79 bits per heavy atom. The number of amides is 6. The van der Waals surface area contributed by atoms with Gasteiger partial charge in [0.1, 0.15) is 11.6 Å². The fraction of sp³-hybridized carbons (Fsp3) is 0.564. The van der Waals surface area contributed by atoms with Crippen molar-refractivity contribution in [3.8, 4) is 6.07 Å². The predicted octanol–water partition coefficient (Wildman–Crippen LogP) is 5.35. The van der Waals surface area contributed by atoms with E-state index in [1.54, 1.807) is 55.3 Å². The molecule has 1 aliphatic carbocycles. The first kappa shape index (κ1) is 43.3. The zero-order chi connectivity index (χ0) is 39.4. The fourth-order valence-corrected chi connectivity index (χ4v) is 9.48. The quantitative estimate of drug-likeness (QED) is 0.123. The van der Waals surface area contributed by atoms with Crippen molar-refractivity contribution in [3.05, 3.63) is 52.8 Å². The summed E-state index contributed by atoms with van der Waals surface area (Å²) >= 11 is 7.23. The second-order valence-corrected chi connectivity index (χ2v) is 16.9. The molecule has 4 fully saturated rings. The smallest absolute Gasteiger partial charge is 0.338 e. The largest absolute Gasteiger partial charge is 0.378 e. The fourth-order valence-electron chi connectivity index (χ4n) is 8.21. The van der Waals surface area contributed by atoms with Crippen LogP contribution in [0.4, 0.5) is 10.5 Å². The topological polar surface area (TPSA) is 168 Å². The number of carbonyl (C=O) groups is 5. The molecule has 1 saturated carbocycles. The molecule has 3 aliphatic heterocycles. The number of ether oxygens (including phenoxy) is 1. The van der Waals surface area contributed by atoms with Crippen LogP contribution < -0.4 is 10.6 Å². The number of anilines is 1. The Morgan fingerprint density at radius 3 is 2.41 bits per heavy atom. The molecule has 17 heteroatoms. The van der Waals surface area contributed by atoms with Gasteiger partial charge in [-0.15, -0.1) is 12.4 Å². The van der Waals surface area contributed by atoms with E-state index in [4.69, 9.17) is 16.3 Å². The molecule has 6 amide bonds. The molecule has 6 rings (SSSR count). The van der Waals surface area contributed by atoms with Gasteiger partial charge in [-0.05, 0) is 108 Å². The maximum absolute atomic E-state index is 13.6. The molecular weight excluding hydrogens is 779 g/mol. The Kier molecular flexibility index (Phi) is 14.4. The van der Waals surface area contributed by atoms with E-state index in [9.17, 15) is 29.2 Å². The van der Waals surface area contributed by atoms with E-state index in [0.717, 1.165) is 63.7 Å². The van der Waals surface area contributed by atoms with E-state index < -0.39 is 11.5 Å². The zero-order valence-electron chi connectivity index (χ0n) is 32.2. The van der Waals surface area contributed by atoms with Crippen LogP contribution in [0.1, 0.15) is 89.8 Å². The van der Waals surface area contributed by atoms with Gasteiger partial charge in [0.25, 0.3) is 5.91 Å². The highest BCUT2D eigenvalue weighted by atomic mass is 35.5. The number of nitriles is 1. The van der Waals surface area contributed by atoms with Crippen molar-refractivity contribution in [2.24, 2.45) is 0 Å². The summed E-state index contributed by atoms with van der Waals surface area (Å²) in [6.45, 7) is 11.4. The minimum absolute atomic E-state index is 0. The summed E-state index contributed by atoms with van der Waals surface area (Å²) < 4.78 is 7.51. The summed E-state index contributed by atoms with van der Waals surface area (Å²) in [7, 11) is 0. The number of halogens is 2. The highest BCUT2D eigenvalue weighted by Gasteiger charge is 2.54. The van der Waals surface area contributed by atoms with Crippen LogP contribution in [-0.4, -0.2) is 116 Å². The minimum Gasteiger partial charge on any atom is -0.378 e. The molecule has 56 heavy (non-hydrogen) atoms. The number of hydrogen-bond acceptors (Lipinski definition) is 11. The summed E-state index contributed by atoms with van der Waals surface area (Å²) in [5.74, 6) is -1.48. The van der Waals surface area contributed by atoms with E-state index in [-0.39, 0.29) is 84.3 Å². The number of urea groups is 1. The maximum atomic E-state index is 13.6. The predicted molar refractivity (Wildman–Crippen MR) is 214 cm³/mol. The van der Waals surface area contributed by atoms with E-state index in [1.165, 1.54) is 4.31 Å². The number of imide groups is 2. The first-order valence-electron chi connectivity index (χ1n) is 19.0. The molecule has 4 heterocycles. The normalized spacial score (nSPS) is 25.8. The first-order valence-corrected chi connectivity index (χ1v) is 20.1. The average Bonchev–Trinajstić information content (AvgIpc) is 3.31. The van der Waals surface area contributed by atoms with Gasteiger partial charge in [0.2, 0.25) is 17.7 Å². The van der Waals surface area contributed by atoms with E-state index in [0.29, 0.717) is 34.9 Å². The van der Waals surface area contributed by atoms with Gasteiger partial charge >= 0.3 is 6.03 Å². The number of nitrogens with one attached hydrogen (secondary N) is 2. The van der Waals surface area contributed by atoms with Gasteiger partial charge in [-0.25, -0.2) is 4.79 Å². The molecule has 2 N–H and O–H groups in total. The lowest BCUT2D eigenvalue weighted by Gasteiger charge is -2.44. The van der Waals surface area contributed by atoms with Crippen LogP contribution in [0.2, 0.25) is 5.02 Å². The maximum Gasteiger partial charge on any atom is 0.338 e. The van der Waals surface area contributed by atoms with Crippen molar-refractivity contribution < 1.29 is 28.7 Å². The molecule has 4 aliphatic rings. The molecule has 0 bridgehead atoms. The highest BCUT2D eigenvalue weighted by Crippen LogP contribution is 2.41. The number of aromatic nitrogens is 1. The molecule has 302 valence electrons. The van der Waals surface area contributed by atoms with Crippen LogP contribution in [0.3, 0.4) is 0 Å². The van der Waals surface area contributed by atoms with Crippen LogP contribution in [0.15, 0.2) is 41.4 Å². The molecule has 2 aromatic rings. The van der Waals surface area contributed by atoms with Gasteiger partial charge in [-0.2, -0.15) is 9.57 Å². The summed E-state index contributed by atoms with van der Waals surface area (Å²) in [4.78, 5) is 75.0. The third-order valence-electron chi connectivity index (χ3n) is 11.1. The summed E-state index contributed by atoms with van der Waals surface area (Å²) in [6, 6.07) is 10.3. The molecule has 3 saturated heterocycles. The third-order valence-corrected chi connectivity index (χ3v) is 12.4. The van der Waals surface area contributed by atoms with Gasteiger partial charge in [0.15, 0.2) is 0 Å². The van der Waals surface area contributed by atoms with Crippen LogP contribution >= 0.6 is 36.0 Å². The SMILES string of the molecule is C[C@@H]1CN(CCCOC2CCC(N3C(=O)N(Sc4ccc(C#N)c(Cl)c4)C(=O)C3(C)C)CC2)C[C@H](C)N1CC(=O)Nc1ccc(C2CCC(=O)NC2=O)nc1.Cl. The summed E-state index contributed by atoms with van der Waals surface area (Å²) in [5, 5.41) is 14.7. The molecule has 14 nitrogen and oxygen atoms in total. The summed E-state index contributed by atoms with van der Waals surface area (Å²) in [6.07, 6.45) is 6.38. The van der Waals surface area contributed by atoms with Crippen molar-refractivity contribution in [1.29, 1.82) is 5.26 Å². The lowest BCUT2D eigenvalue weighted by atomic mass is 9.89. The zero-order valence-corrected chi connectivity index (χ0v) is 34.6. The Morgan fingerprint density at radius 1 is 1.07 bits per heavy atom. The first-order chi connectivity index (χ1) is 26.2. The number of piperidine rings is 1. The minimum atomic E-state index is -0.980. The number of nitrogens with zero attached hydrogens (tertiary/aromatic N) is 6.